The van der Waals surface area contributed by atoms with Crippen molar-refractivity contribution in [1.29, 1.82) is 0 Å². The summed E-state index contributed by atoms with van der Waals surface area (Å²) < 4.78 is 30.4. The molecule has 0 radical (unpaired) electrons. The summed E-state index contributed by atoms with van der Waals surface area (Å²) in [4.78, 5) is 14.3. The maximum atomic E-state index is 12.5. The van der Waals surface area contributed by atoms with Gasteiger partial charge in [0.1, 0.15) is 11.5 Å². The van der Waals surface area contributed by atoms with E-state index in [0.717, 1.165) is 31.4 Å². The highest BCUT2D eigenvalue weighted by molar-refractivity contribution is 7.92. The van der Waals surface area contributed by atoms with Crippen LogP contribution in [0.4, 0.5) is 0 Å². The van der Waals surface area contributed by atoms with E-state index in [1.165, 1.54) is 29.8 Å². The van der Waals surface area contributed by atoms with Crippen LogP contribution in [-0.2, 0) is 21.1 Å². The Kier molecular flexibility index (Phi) is 7.78. The number of rotatable bonds is 8. The Hall–Kier alpha value is -2.05. The second kappa shape index (κ2) is 10.3. The second-order valence-corrected chi connectivity index (χ2v) is 10.1. The Morgan fingerprint density at radius 2 is 1.70 bits per heavy atom. The number of carbonyl (C=O) groups excluding carboxylic acids is 1. The molecule has 1 fully saturated rings. The maximum absolute atomic E-state index is 12.5. The van der Waals surface area contributed by atoms with Crippen LogP contribution in [0.5, 0.6) is 5.75 Å². The number of nitrogens with zero attached hydrogens (tertiary/aromatic N) is 1. The van der Waals surface area contributed by atoms with Crippen molar-refractivity contribution in [3.63, 3.8) is 0 Å². The Labute approximate surface area is 183 Å². The molecule has 0 aromatic heterocycles. The van der Waals surface area contributed by atoms with Gasteiger partial charge < -0.3 is 9.64 Å². The minimum Gasteiger partial charge on any atom is -0.494 e. The first-order valence-electron chi connectivity index (χ1n) is 10.3. The predicted octanol–water partition coefficient (Wildman–Crippen LogP) is 4.38. The molecule has 162 valence electrons. The molecule has 2 aromatic carbocycles. The highest BCUT2D eigenvalue weighted by atomic mass is 35.5. The van der Waals surface area contributed by atoms with E-state index in [9.17, 15) is 13.2 Å². The normalized spacial score (nSPS) is 15.2. The molecule has 5 nitrogen and oxygen atoms in total. The summed E-state index contributed by atoms with van der Waals surface area (Å²) in [7, 11) is -3.65. The van der Waals surface area contributed by atoms with Crippen LogP contribution >= 0.6 is 11.6 Å². The van der Waals surface area contributed by atoms with Crippen molar-refractivity contribution in [3.05, 3.63) is 59.1 Å². The van der Waals surface area contributed by atoms with Gasteiger partial charge in [-0.15, -0.1) is 0 Å². The first-order valence-corrected chi connectivity index (χ1v) is 12.4. The molecule has 0 saturated carbocycles. The van der Waals surface area contributed by atoms with Gasteiger partial charge in [-0.05, 0) is 80.5 Å². The van der Waals surface area contributed by atoms with Crippen LogP contribution in [0.15, 0.2) is 53.4 Å². The zero-order valence-electron chi connectivity index (χ0n) is 17.2. The highest BCUT2D eigenvalue weighted by Crippen LogP contribution is 2.24. The van der Waals surface area contributed by atoms with E-state index in [1.807, 2.05) is 19.1 Å². The van der Waals surface area contributed by atoms with Gasteiger partial charge in [-0.25, -0.2) is 8.42 Å². The van der Waals surface area contributed by atoms with Gasteiger partial charge in [0.2, 0.25) is 5.91 Å². The van der Waals surface area contributed by atoms with Crippen molar-refractivity contribution >= 4 is 27.3 Å². The third kappa shape index (κ3) is 6.22. The summed E-state index contributed by atoms with van der Waals surface area (Å²) in [6, 6.07) is 14.1. The van der Waals surface area contributed by atoms with E-state index in [-0.39, 0.29) is 10.8 Å². The molecule has 30 heavy (non-hydrogen) atoms. The minimum atomic E-state index is -3.65. The van der Waals surface area contributed by atoms with Crippen LogP contribution in [0.3, 0.4) is 0 Å². The SMILES string of the molecule is CCOc1ccc(CCC2CCN(C(=O)CS(=O)(=O)c3ccc(Cl)cc3)CC2)cc1. The molecule has 1 amide bonds. The van der Waals surface area contributed by atoms with Gasteiger partial charge in [0.05, 0.1) is 11.5 Å². The van der Waals surface area contributed by atoms with Crippen molar-refractivity contribution < 1.29 is 17.9 Å². The maximum Gasteiger partial charge on any atom is 0.238 e. The topological polar surface area (TPSA) is 63.7 Å². The van der Waals surface area contributed by atoms with Gasteiger partial charge in [-0.2, -0.15) is 0 Å². The number of benzene rings is 2. The van der Waals surface area contributed by atoms with Crippen LogP contribution in [0.1, 0.15) is 31.7 Å². The average Bonchev–Trinajstić information content (AvgIpc) is 2.74. The zero-order chi connectivity index (χ0) is 21.6. The standard InChI is InChI=1S/C23H28ClNO4S/c1-2-29-21-9-5-18(6-10-21)3-4-19-13-15-25(16-14-19)23(26)17-30(27,28)22-11-7-20(24)8-12-22/h5-12,19H,2-4,13-17H2,1H3. The lowest BCUT2D eigenvalue weighted by Gasteiger charge is -2.32. The fraction of sp³-hybridized carbons (Fsp3) is 0.435. The molecule has 0 atom stereocenters. The monoisotopic (exact) mass is 449 g/mol. The molecule has 2 aromatic rings. The molecule has 0 bridgehead atoms. The third-order valence-electron chi connectivity index (χ3n) is 5.53. The molecule has 0 N–H and O–H groups in total. The van der Waals surface area contributed by atoms with Gasteiger partial charge >= 0.3 is 0 Å². The number of hydrogen-bond acceptors (Lipinski definition) is 4. The fourth-order valence-corrected chi connectivity index (χ4v) is 5.09. The van der Waals surface area contributed by atoms with Crippen LogP contribution in [0.25, 0.3) is 0 Å². The third-order valence-corrected chi connectivity index (χ3v) is 7.40. The number of piperidine rings is 1. The number of likely N-dealkylation sites (tertiary alicyclic amines) is 1. The fourth-order valence-electron chi connectivity index (χ4n) is 3.74. The minimum absolute atomic E-state index is 0.130. The summed E-state index contributed by atoms with van der Waals surface area (Å²) in [6.07, 6.45) is 3.88. The molecule has 3 rings (SSSR count). The van der Waals surface area contributed by atoms with Gasteiger partial charge in [-0.1, -0.05) is 23.7 Å². The number of aryl methyl sites for hydroxylation is 1. The summed E-state index contributed by atoms with van der Waals surface area (Å²) in [5.41, 5.74) is 1.28. The number of ether oxygens (including phenoxy) is 1. The van der Waals surface area contributed by atoms with E-state index < -0.39 is 15.6 Å². The molecule has 1 aliphatic heterocycles. The van der Waals surface area contributed by atoms with Crippen molar-refractivity contribution in [2.45, 2.75) is 37.5 Å². The lowest BCUT2D eigenvalue weighted by atomic mass is 9.90. The van der Waals surface area contributed by atoms with Gasteiger partial charge in [0, 0.05) is 18.1 Å². The Morgan fingerprint density at radius 3 is 2.30 bits per heavy atom. The highest BCUT2D eigenvalue weighted by Gasteiger charge is 2.27. The van der Waals surface area contributed by atoms with Crippen molar-refractivity contribution in [2.75, 3.05) is 25.4 Å². The summed E-state index contributed by atoms with van der Waals surface area (Å²) >= 11 is 5.81. The molecule has 0 aliphatic carbocycles. The average molecular weight is 450 g/mol. The lowest BCUT2D eigenvalue weighted by Crippen LogP contribution is -2.41. The summed E-state index contributed by atoms with van der Waals surface area (Å²) in [5.74, 6) is 0.621. The van der Waals surface area contributed by atoms with Gasteiger partial charge in [0.15, 0.2) is 9.84 Å². The molecule has 1 heterocycles. The smallest absolute Gasteiger partial charge is 0.238 e. The van der Waals surface area contributed by atoms with E-state index in [1.54, 1.807) is 4.90 Å². The Morgan fingerprint density at radius 1 is 1.07 bits per heavy atom. The Balaban J connectivity index is 1.45. The van der Waals surface area contributed by atoms with E-state index in [0.29, 0.717) is 30.6 Å². The molecule has 0 spiro atoms. The summed E-state index contributed by atoms with van der Waals surface area (Å²) in [5, 5.41) is 0.465. The van der Waals surface area contributed by atoms with Crippen LogP contribution < -0.4 is 4.74 Å². The molecule has 7 heteroatoms. The van der Waals surface area contributed by atoms with Crippen LogP contribution in [-0.4, -0.2) is 44.7 Å². The van der Waals surface area contributed by atoms with E-state index in [4.69, 9.17) is 16.3 Å². The first kappa shape index (κ1) is 22.6. The largest absolute Gasteiger partial charge is 0.494 e. The van der Waals surface area contributed by atoms with Gasteiger partial charge in [0.25, 0.3) is 0 Å². The van der Waals surface area contributed by atoms with Crippen molar-refractivity contribution in [2.24, 2.45) is 5.92 Å². The molecule has 1 aliphatic rings. The summed E-state index contributed by atoms with van der Waals surface area (Å²) in [6.45, 7) is 3.86. The Bertz CT molecular complexity index is 934. The van der Waals surface area contributed by atoms with E-state index in [2.05, 4.69) is 12.1 Å². The van der Waals surface area contributed by atoms with Crippen LogP contribution in [0.2, 0.25) is 5.02 Å². The number of amides is 1. The predicted molar refractivity (Wildman–Crippen MR) is 119 cm³/mol. The lowest BCUT2D eigenvalue weighted by molar-refractivity contribution is -0.129. The zero-order valence-corrected chi connectivity index (χ0v) is 18.8. The number of hydrogen-bond donors (Lipinski definition) is 0. The number of carbonyl (C=O) groups is 1. The van der Waals surface area contributed by atoms with Crippen molar-refractivity contribution in [3.8, 4) is 5.75 Å². The van der Waals surface area contributed by atoms with E-state index >= 15 is 0 Å². The number of sulfone groups is 1. The molecule has 1 saturated heterocycles. The quantitative estimate of drug-likeness (QED) is 0.599. The number of halogens is 1. The van der Waals surface area contributed by atoms with Gasteiger partial charge in [-0.3, -0.25) is 4.79 Å². The molecule has 0 unspecified atom stereocenters. The van der Waals surface area contributed by atoms with Crippen molar-refractivity contribution in [1.82, 2.24) is 4.90 Å². The first-order chi connectivity index (χ1) is 14.4. The van der Waals surface area contributed by atoms with Crippen LogP contribution in [0, 0.1) is 5.92 Å². The molecular weight excluding hydrogens is 422 g/mol. The second-order valence-electron chi connectivity index (χ2n) is 7.65. The molecular formula is C23H28ClNO4S.